The molecule has 0 spiro atoms. The van der Waals surface area contributed by atoms with Gasteiger partial charge >= 0.3 is 0 Å². The molecule has 9 nitrogen and oxygen atoms in total. The summed E-state index contributed by atoms with van der Waals surface area (Å²) in [4.78, 5) is 12.9. The molecule has 1 amide bonds. The zero-order valence-electron chi connectivity index (χ0n) is 31.7. The van der Waals surface area contributed by atoms with Gasteiger partial charge < -0.3 is 40.3 Å². The fraction of sp³-hybridized carbons (Fsp3) is 0.975. The highest BCUT2D eigenvalue weighted by molar-refractivity contribution is 5.76. The fourth-order valence-electron chi connectivity index (χ4n) is 6.81. The predicted molar refractivity (Wildman–Crippen MR) is 198 cm³/mol. The molecule has 0 radical (unpaired) electrons. The highest BCUT2D eigenvalue weighted by atomic mass is 16.7. The van der Waals surface area contributed by atoms with E-state index in [0.29, 0.717) is 12.8 Å². The normalized spacial score (nSPS) is 22.3. The van der Waals surface area contributed by atoms with Gasteiger partial charge in [-0.3, -0.25) is 4.79 Å². The number of unbranched alkanes of at least 4 members (excludes halogenated alkanes) is 24. The minimum absolute atomic E-state index is 0.132. The van der Waals surface area contributed by atoms with Gasteiger partial charge in [-0.05, 0) is 12.8 Å². The van der Waals surface area contributed by atoms with Crippen LogP contribution >= 0.6 is 0 Å². The number of amides is 1. The van der Waals surface area contributed by atoms with E-state index < -0.39 is 49.5 Å². The van der Waals surface area contributed by atoms with Crippen LogP contribution in [0.3, 0.4) is 0 Å². The van der Waals surface area contributed by atoms with E-state index in [1.807, 2.05) is 0 Å². The van der Waals surface area contributed by atoms with Gasteiger partial charge in [-0.15, -0.1) is 0 Å². The molecule has 0 unspecified atom stereocenters. The van der Waals surface area contributed by atoms with Crippen LogP contribution in [0, 0.1) is 0 Å². The smallest absolute Gasteiger partial charge is 0.220 e. The second-order valence-corrected chi connectivity index (χ2v) is 14.8. The Morgan fingerprint density at radius 2 is 1.02 bits per heavy atom. The topological polar surface area (TPSA) is 149 Å². The molecular weight excluding hydrogens is 622 g/mol. The van der Waals surface area contributed by atoms with E-state index in [2.05, 4.69) is 19.2 Å². The summed E-state index contributed by atoms with van der Waals surface area (Å²) >= 11 is 0. The maximum Gasteiger partial charge on any atom is 0.220 e. The van der Waals surface area contributed by atoms with E-state index >= 15 is 0 Å². The molecule has 0 aromatic rings. The molecular formula is C40H79NO8. The van der Waals surface area contributed by atoms with Crippen LogP contribution in [0.1, 0.15) is 194 Å². The van der Waals surface area contributed by atoms with Gasteiger partial charge in [0.05, 0.1) is 25.4 Å². The summed E-state index contributed by atoms with van der Waals surface area (Å²) in [7, 11) is 0. The van der Waals surface area contributed by atoms with E-state index in [4.69, 9.17) is 9.47 Å². The monoisotopic (exact) mass is 702 g/mol. The van der Waals surface area contributed by atoms with Crippen molar-refractivity contribution in [2.45, 2.75) is 236 Å². The van der Waals surface area contributed by atoms with Crippen LogP contribution < -0.4 is 5.32 Å². The molecule has 0 bridgehead atoms. The first kappa shape index (κ1) is 46.2. The van der Waals surface area contributed by atoms with Crippen LogP contribution in [0.2, 0.25) is 0 Å². The lowest BCUT2D eigenvalue weighted by molar-refractivity contribution is -0.302. The van der Waals surface area contributed by atoms with Gasteiger partial charge in [-0.25, -0.2) is 0 Å². The summed E-state index contributed by atoms with van der Waals surface area (Å²) in [5, 5.41) is 54.1. The molecule has 0 aliphatic carbocycles. The minimum atomic E-state index is -1.55. The Morgan fingerprint density at radius 1 is 0.612 bits per heavy atom. The number of aliphatic hydroxyl groups is 5. The molecule has 1 fully saturated rings. The molecule has 0 aromatic carbocycles. The standard InChI is InChI=1S/C40H79NO8/c1-3-5-7-9-11-13-15-17-19-21-23-25-27-29-34(43)33(32-48-40-39(47)38(46)37(45)35(31-42)49-40)41-36(44)30-28-26-24-22-20-18-16-14-12-10-8-6-4-2/h33-35,37-40,42-43,45-47H,3-32H2,1-2H3,(H,41,44)/t33-,34-,35+,37+,38-,39+,40+/m1/s1. The van der Waals surface area contributed by atoms with Gasteiger partial charge in [-0.1, -0.05) is 174 Å². The maximum atomic E-state index is 12.9. The molecule has 1 saturated heterocycles. The average Bonchev–Trinajstić information content (AvgIpc) is 3.10. The Bertz CT molecular complexity index is 741. The summed E-state index contributed by atoms with van der Waals surface area (Å²) in [6, 6.07) is -0.709. The van der Waals surface area contributed by atoms with Gasteiger partial charge in [0.15, 0.2) is 6.29 Å². The Morgan fingerprint density at radius 3 is 1.45 bits per heavy atom. The highest BCUT2D eigenvalue weighted by Gasteiger charge is 2.44. The van der Waals surface area contributed by atoms with Gasteiger partial charge in [-0.2, -0.15) is 0 Å². The Kier molecular flexibility index (Phi) is 30.1. The van der Waals surface area contributed by atoms with Crippen molar-refractivity contribution in [1.29, 1.82) is 0 Å². The van der Waals surface area contributed by atoms with Gasteiger partial charge in [0.2, 0.25) is 5.91 Å². The molecule has 49 heavy (non-hydrogen) atoms. The first-order valence-electron chi connectivity index (χ1n) is 20.7. The summed E-state index contributed by atoms with van der Waals surface area (Å²) in [6.07, 6.45) is 25.3. The summed E-state index contributed by atoms with van der Waals surface area (Å²) in [5.41, 5.74) is 0. The van der Waals surface area contributed by atoms with Crippen molar-refractivity contribution in [3.05, 3.63) is 0 Å². The lowest BCUT2D eigenvalue weighted by atomic mass is 9.99. The third-order valence-corrected chi connectivity index (χ3v) is 10.2. The van der Waals surface area contributed by atoms with Crippen molar-refractivity contribution < 1.29 is 39.8 Å². The second kappa shape index (κ2) is 31.9. The molecule has 7 atom stereocenters. The number of aliphatic hydroxyl groups excluding tert-OH is 5. The van der Waals surface area contributed by atoms with E-state index in [-0.39, 0.29) is 12.5 Å². The number of ether oxygens (including phenoxy) is 2. The van der Waals surface area contributed by atoms with E-state index in [1.54, 1.807) is 0 Å². The summed E-state index contributed by atoms with van der Waals surface area (Å²) < 4.78 is 11.2. The van der Waals surface area contributed by atoms with Crippen molar-refractivity contribution >= 4 is 5.91 Å². The van der Waals surface area contributed by atoms with Crippen LogP contribution in [0.15, 0.2) is 0 Å². The SMILES string of the molecule is CCCCCCCCCCCCCCCC(=O)N[C@H](CO[C@H]1O[C@@H](CO)[C@H](O)[C@@H](O)[C@@H]1O)[C@H](O)CCCCCCCCCCCCCCC. The van der Waals surface area contributed by atoms with Crippen LogP contribution in [0.25, 0.3) is 0 Å². The van der Waals surface area contributed by atoms with Gasteiger partial charge in [0.1, 0.15) is 24.4 Å². The number of nitrogens with one attached hydrogen (secondary N) is 1. The zero-order chi connectivity index (χ0) is 36.0. The molecule has 0 saturated carbocycles. The average molecular weight is 702 g/mol. The lowest BCUT2D eigenvalue weighted by Gasteiger charge is -2.40. The second-order valence-electron chi connectivity index (χ2n) is 14.8. The number of hydrogen-bond donors (Lipinski definition) is 6. The first-order chi connectivity index (χ1) is 23.8. The summed E-state index contributed by atoms with van der Waals surface area (Å²) in [6.45, 7) is 3.82. The van der Waals surface area contributed by atoms with Crippen LogP contribution in [0.5, 0.6) is 0 Å². The van der Waals surface area contributed by atoms with Crippen molar-refractivity contribution in [2.75, 3.05) is 13.2 Å². The zero-order valence-corrected chi connectivity index (χ0v) is 31.7. The number of rotatable bonds is 34. The van der Waals surface area contributed by atoms with Crippen LogP contribution in [-0.2, 0) is 14.3 Å². The Balaban J connectivity index is 2.38. The predicted octanol–water partition coefficient (Wildman–Crippen LogP) is 7.61. The van der Waals surface area contributed by atoms with Gasteiger partial charge in [0, 0.05) is 6.42 Å². The number of hydrogen-bond acceptors (Lipinski definition) is 8. The number of carbonyl (C=O) groups excluding carboxylic acids is 1. The third kappa shape index (κ3) is 23.4. The molecule has 9 heteroatoms. The number of carbonyl (C=O) groups is 1. The molecule has 0 aromatic heterocycles. The molecule has 6 N–H and O–H groups in total. The fourth-order valence-corrected chi connectivity index (χ4v) is 6.81. The first-order valence-corrected chi connectivity index (χ1v) is 20.7. The molecule has 292 valence electrons. The van der Waals surface area contributed by atoms with Crippen molar-refractivity contribution in [2.24, 2.45) is 0 Å². The maximum absolute atomic E-state index is 12.9. The van der Waals surface area contributed by atoms with E-state index in [9.17, 15) is 30.3 Å². The van der Waals surface area contributed by atoms with Crippen molar-refractivity contribution in [1.82, 2.24) is 5.32 Å². The van der Waals surface area contributed by atoms with Crippen LogP contribution in [0.4, 0.5) is 0 Å². The Hall–Kier alpha value is -0.810. The molecule has 1 heterocycles. The Labute approximate surface area is 300 Å². The molecule has 1 rings (SSSR count). The highest BCUT2D eigenvalue weighted by Crippen LogP contribution is 2.23. The quantitative estimate of drug-likeness (QED) is 0.0376. The van der Waals surface area contributed by atoms with E-state index in [0.717, 1.165) is 38.5 Å². The summed E-state index contributed by atoms with van der Waals surface area (Å²) in [5.74, 6) is -0.144. The minimum Gasteiger partial charge on any atom is -0.394 e. The van der Waals surface area contributed by atoms with Crippen molar-refractivity contribution in [3.8, 4) is 0 Å². The lowest BCUT2D eigenvalue weighted by Crippen LogP contribution is -2.60. The largest absolute Gasteiger partial charge is 0.394 e. The van der Waals surface area contributed by atoms with E-state index in [1.165, 1.54) is 128 Å². The molecule has 1 aliphatic rings. The molecule has 1 aliphatic heterocycles. The third-order valence-electron chi connectivity index (χ3n) is 10.2. The van der Waals surface area contributed by atoms with Crippen molar-refractivity contribution in [3.63, 3.8) is 0 Å². The van der Waals surface area contributed by atoms with Crippen LogP contribution in [-0.4, -0.2) is 87.5 Å². The van der Waals surface area contributed by atoms with Gasteiger partial charge in [0.25, 0.3) is 0 Å².